The monoisotopic (exact) mass is 200 g/mol. The normalized spacial score (nSPS) is 8.64. The van der Waals surface area contributed by atoms with E-state index in [1.807, 2.05) is 0 Å². The molecule has 0 saturated heterocycles. The number of carboxylic acid groups (broad SMARTS) is 1. The van der Waals surface area contributed by atoms with Gasteiger partial charge in [0.05, 0.1) is 0 Å². The van der Waals surface area contributed by atoms with Crippen LogP contribution < -0.4 is 4.74 Å². The average molecular weight is 200 g/mol. The van der Waals surface area contributed by atoms with Crippen molar-refractivity contribution in [3.8, 4) is 5.75 Å². The van der Waals surface area contributed by atoms with E-state index in [0.717, 1.165) is 0 Å². The quantitative estimate of drug-likeness (QED) is 0.579. The standard InChI is InChI=1S/C9H8O4.FH/c1-6(10)13-8-5-3-2-4-7(8)9(11)12;/h2-5H,1H3,(H,11,12);1H. The van der Waals surface area contributed by atoms with Crippen LogP contribution in [-0.2, 0) is 4.79 Å². The predicted molar refractivity (Wildman–Crippen MR) is 47.2 cm³/mol. The molecule has 5 heteroatoms. The summed E-state index contributed by atoms with van der Waals surface area (Å²) in [5.74, 6) is -1.58. The van der Waals surface area contributed by atoms with Crippen LogP contribution in [-0.4, -0.2) is 17.0 Å². The van der Waals surface area contributed by atoms with Crippen LogP contribution in [0.15, 0.2) is 24.3 Å². The summed E-state index contributed by atoms with van der Waals surface area (Å²) >= 11 is 0. The van der Waals surface area contributed by atoms with E-state index in [0.29, 0.717) is 0 Å². The van der Waals surface area contributed by atoms with E-state index in [4.69, 9.17) is 5.11 Å². The van der Waals surface area contributed by atoms with Crippen molar-refractivity contribution in [1.82, 2.24) is 0 Å². The predicted octanol–water partition coefficient (Wildman–Crippen LogP) is 1.46. The van der Waals surface area contributed by atoms with Crippen LogP contribution in [0.5, 0.6) is 5.75 Å². The SMILES string of the molecule is CC(=O)Oc1ccccc1C(=O)O.F. The van der Waals surface area contributed by atoms with E-state index < -0.39 is 11.9 Å². The lowest BCUT2D eigenvalue weighted by Gasteiger charge is -2.03. The molecule has 0 bridgehead atoms. The first-order chi connectivity index (χ1) is 6.11. The first-order valence-electron chi connectivity index (χ1n) is 3.62. The molecule has 1 aromatic rings. The molecule has 0 unspecified atom stereocenters. The van der Waals surface area contributed by atoms with Gasteiger partial charge in [0.15, 0.2) is 0 Å². The van der Waals surface area contributed by atoms with E-state index in [2.05, 4.69) is 4.74 Å². The van der Waals surface area contributed by atoms with Gasteiger partial charge < -0.3 is 9.84 Å². The molecule has 76 valence electrons. The highest BCUT2D eigenvalue weighted by Crippen LogP contribution is 2.17. The topological polar surface area (TPSA) is 63.6 Å². The lowest BCUT2D eigenvalue weighted by atomic mass is 10.2. The summed E-state index contributed by atoms with van der Waals surface area (Å²) in [5.41, 5.74) is -0.0160. The van der Waals surface area contributed by atoms with E-state index in [1.165, 1.54) is 19.1 Å². The maximum Gasteiger partial charge on any atom is 0.339 e. The lowest BCUT2D eigenvalue weighted by Crippen LogP contribution is -2.06. The fourth-order valence-electron chi connectivity index (χ4n) is 0.887. The molecule has 0 aliphatic rings. The lowest BCUT2D eigenvalue weighted by molar-refractivity contribution is -0.131. The summed E-state index contributed by atoms with van der Waals surface area (Å²) in [5, 5.41) is 8.69. The first kappa shape index (κ1) is 12.1. The molecule has 4 nitrogen and oxygen atoms in total. The van der Waals surface area contributed by atoms with E-state index in [9.17, 15) is 9.59 Å². The number of benzene rings is 1. The number of rotatable bonds is 2. The molecule has 0 aliphatic carbocycles. The van der Waals surface area contributed by atoms with Crippen molar-refractivity contribution in [2.75, 3.05) is 0 Å². The Hall–Kier alpha value is -1.91. The molecular weight excluding hydrogens is 191 g/mol. The molecular formula is C9H9FO4. The molecule has 0 aliphatic heterocycles. The zero-order valence-electron chi connectivity index (χ0n) is 7.39. The third kappa shape index (κ3) is 2.85. The Balaban J connectivity index is 0.00000169. The zero-order valence-corrected chi connectivity index (χ0v) is 7.39. The van der Waals surface area contributed by atoms with Gasteiger partial charge in [0, 0.05) is 6.92 Å². The summed E-state index contributed by atoms with van der Waals surface area (Å²) in [4.78, 5) is 21.2. The van der Waals surface area contributed by atoms with Crippen molar-refractivity contribution >= 4 is 11.9 Å². The van der Waals surface area contributed by atoms with Crippen molar-refractivity contribution in [2.45, 2.75) is 6.92 Å². The summed E-state index contributed by atoms with van der Waals surface area (Å²) in [6.45, 7) is 1.22. The molecule has 0 fully saturated rings. The number of para-hydroxylation sites is 1. The number of halogens is 1. The number of esters is 1. The van der Waals surface area contributed by atoms with Crippen LogP contribution >= 0.6 is 0 Å². The van der Waals surface area contributed by atoms with Crippen molar-refractivity contribution in [3.63, 3.8) is 0 Å². The highest BCUT2D eigenvalue weighted by Gasteiger charge is 2.10. The maximum atomic E-state index is 10.6. The Bertz CT molecular complexity index is 348. The summed E-state index contributed by atoms with van der Waals surface area (Å²) in [6, 6.07) is 5.98. The Kier molecular flexibility index (Phi) is 4.28. The van der Waals surface area contributed by atoms with Crippen molar-refractivity contribution in [2.24, 2.45) is 0 Å². The molecule has 1 rings (SSSR count). The fraction of sp³-hybridized carbons (Fsp3) is 0.111. The number of ether oxygens (including phenoxy) is 1. The van der Waals surface area contributed by atoms with Gasteiger partial charge in [-0.15, -0.1) is 0 Å². The molecule has 1 aromatic carbocycles. The van der Waals surface area contributed by atoms with Gasteiger partial charge >= 0.3 is 11.9 Å². The smallest absolute Gasteiger partial charge is 0.339 e. The first-order valence-corrected chi connectivity index (χ1v) is 3.62. The number of carboxylic acids is 1. The highest BCUT2D eigenvalue weighted by atomic mass is 19.0. The van der Waals surface area contributed by atoms with Gasteiger partial charge in [-0.2, -0.15) is 0 Å². The summed E-state index contributed by atoms with van der Waals surface area (Å²) < 4.78 is 4.69. The van der Waals surface area contributed by atoms with E-state index in [1.54, 1.807) is 12.1 Å². The van der Waals surface area contributed by atoms with Crippen molar-refractivity contribution in [3.05, 3.63) is 29.8 Å². The van der Waals surface area contributed by atoms with Gasteiger partial charge in [0.1, 0.15) is 11.3 Å². The molecule has 0 heterocycles. The van der Waals surface area contributed by atoms with Gasteiger partial charge in [0.25, 0.3) is 0 Å². The Labute approximate surface area is 79.5 Å². The van der Waals surface area contributed by atoms with Crippen LogP contribution in [0.3, 0.4) is 0 Å². The molecule has 0 saturated carbocycles. The minimum atomic E-state index is -1.11. The Morgan fingerprint density at radius 1 is 1.29 bits per heavy atom. The summed E-state index contributed by atoms with van der Waals surface area (Å²) in [7, 11) is 0. The second-order valence-electron chi connectivity index (χ2n) is 2.39. The fourth-order valence-corrected chi connectivity index (χ4v) is 0.887. The van der Waals surface area contributed by atoms with E-state index in [-0.39, 0.29) is 16.0 Å². The Morgan fingerprint density at radius 2 is 1.86 bits per heavy atom. The third-order valence-corrected chi connectivity index (χ3v) is 1.37. The van der Waals surface area contributed by atoms with Gasteiger partial charge in [-0.05, 0) is 12.1 Å². The molecule has 0 spiro atoms. The van der Waals surface area contributed by atoms with Crippen LogP contribution in [0.2, 0.25) is 0 Å². The van der Waals surface area contributed by atoms with Gasteiger partial charge in [-0.25, -0.2) is 4.79 Å². The van der Waals surface area contributed by atoms with E-state index >= 15 is 0 Å². The number of carbonyl (C=O) groups is 2. The average Bonchev–Trinajstić information content (AvgIpc) is 2.03. The highest BCUT2D eigenvalue weighted by molar-refractivity contribution is 5.91. The summed E-state index contributed by atoms with van der Waals surface area (Å²) in [6.07, 6.45) is 0. The molecule has 0 amide bonds. The van der Waals surface area contributed by atoms with Crippen LogP contribution in [0.25, 0.3) is 0 Å². The van der Waals surface area contributed by atoms with Crippen LogP contribution in [0.4, 0.5) is 4.70 Å². The van der Waals surface area contributed by atoms with Crippen molar-refractivity contribution in [1.29, 1.82) is 0 Å². The third-order valence-electron chi connectivity index (χ3n) is 1.37. The van der Waals surface area contributed by atoms with Crippen LogP contribution in [0.1, 0.15) is 17.3 Å². The van der Waals surface area contributed by atoms with Crippen molar-refractivity contribution < 1.29 is 24.1 Å². The largest absolute Gasteiger partial charge is 0.478 e. The number of hydrogen-bond acceptors (Lipinski definition) is 3. The molecule has 14 heavy (non-hydrogen) atoms. The zero-order chi connectivity index (χ0) is 9.84. The number of carbonyl (C=O) groups excluding carboxylic acids is 1. The second kappa shape index (κ2) is 4.96. The van der Waals surface area contributed by atoms with Gasteiger partial charge in [0.2, 0.25) is 0 Å². The number of hydrogen-bond donors (Lipinski definition) is 1. The van der Waals surface area contributed by atoms with Crippen LogP contribution in [0, 0.1) is 0 Å². The minimum Gasteiger partial charge on any atom is -0.478 e. The molecule has 0 aromatic heterocycles. The Morgan fingerprint density at radius 3 is 2.36 bits per heavy atom. The molecule has 0 atom stereocenters. The molecule has 0 radical (unpaired) electrons. The minimum absolute atomic E-state index is 0. The van der Waals surface area contributed by atoms with Gasteiger partial charge in [-0.1, -0.05) is 12.1 Å². The maximum absolute atomic E-state index is 10.6. The molecule has 1 N–H and O–H groups in total. The second-order valence-corrected chi connectivity index (χ2v) is 2.39. The number of aromatic carboxylic acids is 1. The van der Waals surface area contributed by atoms with Gasteiger partial charge in [-0.3, -0.25) is 9.50 Å².